The average Bonchev–Trinajstić information content (AvgIpc) is 2.95. The number of nitrogens with one attached hydrogen (secondary N) is 2. The van der Waals surface area contributed by atoms with Crippen LogP contribution in [0.2, 0.25) is 0 Å². The number of halogens is 1. The Hall–Kier alpha value is -4.30. The molecule has 8 heteroatoms. The van der Waals surface area contributed by atoms with Gasteiger partial charge in [-0.05, 0) is 65.2 Å². The molecule has 7 nitrogen and oxygen atoms in total. The van der Waals surface area contributed by atoms with Gasteiger partial charge in [0.05, 0.1) is 29.1 Å². The Labute approximate surface area is 236 Å². The first-order valence-electron chi connectivity index (χ1n) is 12.6. The largest absolute Gasteiger partial charge is 0.492 e. The molecule has 0 fully saturated rings. The second kappa shape index (κ2) is 13.5. The van der Waals surface area contributed by atoms with Crippen LogP contribution in [-0.4, -0.2) is 31.6 Å². The first kappa shape index (κ1) is 27.7. The van der Waals surface area contributed by atoms with Gasteiger partial charge in [0.2, 0.25) is 0 Å². The zero-order valence-electron chi connectivity index (χ0n) is 21.7. The van der Waals surface area contributed by atoms with Gasteiger partial charge >= 0.3 is 0 Å². The molecule has 0 aliphatic carbocycles. The summed E-state index contributed by atoms with van der Waals surface area (Å²) in [5.74, 6) is 0.683. The van der Waals surface area contributed by atoms with Crippen molar-refractivity contribution in [3.63, 3.8) is 0 Å². The van der Waals surface area contributed by atoms with Crippen LogP contribution < -0.4 is 24.8 Å². The van der Waals surface area contributed by atoms with E-state index in [0.29, 0.717) is 47.4 Å². The molecule has 0 spiro atoms. The third-order valence-electron chi connectivity index (χ3n) is 5.64. The lowest BCUT2D eigenvalue weighted by Gasteiger charge is -2.18. The average molecular weight is 589 g/mol. The highest BCUT2D eigenvalue weighted by Crippen LogP contribution is 2.37. The van der Waals surface area contributed by atoms with E-state index >= 15 is 0 Å². The zero-order valence-corrected chi connectivity index (χ0v) is 23.3. The zero-order chi connectivity index (χ0) is 27.6. The molecule has 4 aromatic rings. The SMILES string of the molecule is CCOc1cc(NC(=O)c2ccccc2)c(OCC)cc1NC(=O)COc1ccc(-c2ccccc2)cc1Br. The summed E-state index contributed by atoms with van der Waals surface area (Å²) in [6, 6.07) is 27.9. The van der Waals surface area contributed by atoms with E-state index < -0.39 is 0 Å². The predicted molar refractivity (Wildman–Crippen MR) is 157 cm³/mol. The van der Waals surface area contributed by atoms with E-state index in [9.17, 15) is 9.59 Å². The fraction of sp³-hybridized carbons (Fsp3) is 0.161. The Kier molecular flexibility index (Phi) is 9.58. The summed E-state index contributed by atoms with van der Waals surface area (Å²) in [7, 11) is 0. The number of hydrogen-bond donors (Lipinski definition) is 2. The molecule has 0 radical (unpaired) electrons. The second-order valence-electron chi connectivity index (χ2n) is 8.38. The summed E-state index contributed by atoms with van der Waals surface area (Å²) < 4.78 is 18.0. The Morgan fingerprint density at radius 1 is 0.667 bits per heavy atom. The summed E-state index contributed by atoms with van der Waals surface area (Å²) in [4.78, 5) is 25.6. The molecule has 0 saturated heterocycles. The molecule has 4 aromatic carbocycles. The monoisotopic (exact) mass is 588 g/mol. The standard InChI is InChI=1S/C31H29BrN2O5/c1-3-37-28-19-26(34-31(36)22-13-9-6-10-14-22)29(38-4-2)18-25(28)33-30(35)20-39-27-16-15-23(17-24(27)32)21-11-7-5-8-12-21/h5-19H,3-4,20H2,1-2H3,(H,33,35)(H,34,36). The van der Waals surface area contributed by atoms with Crippen molar-refractivity contribution in [2.75, 3.05) is 30.5 Å². The Balaban J connectivity index is 1.48. The number of anilines is 2. The lowest BCUT2D eigenvalue weighted by molar-refractivity contribution is -0.118. The Morgan fingerprint density at radius 3 is 1.85 bits per heavy atom. The molecule has 2 amide bonds. The molecule has 0 unspecified atom stereocenters. The predicted octanol–water partition coefficient (Wildman–Crippen LogP) is 7.18. The van der Waals surface area contributed by atoms with E-state index in [1.165, 1.54) is 0 Å². The lowest BCUT2D eigenvalue weighted by Crippen LogP contribution is -2.21. The van der Waals surface area contributed by atoms with Crippen molar-refractivity contribution in [1.29, 1.82) is 0 Å². The highest BCUT2D eigenvalue weighted by Gasteiger charge is 2.17. The van der Waals surface area contributed by atoms with Gasteiger partial charge in [-0.1, -0.05) is 54.6 Å². The van der Waals surface area contributed by atoms with Crippen LogP contribution in [0, 0.1) is 0 Å². The number of benzene rings is 4. The molecule has 4 rings (SSSR count). The van der Waals surface area contributed by atoms with Crippen molar-refractivity contribution in [2.45, 2.75) is 13.8 Å². The Bertz CT molecular complexity index is 1430. The van der Waals surface area contributed by atoms with Crippen LogP contribution in [-0.2, 0) is 4.79 Å². The minimum atomic E-state index is -0.376. The molecule has 2 N–H and O–H groups in total. The third-order valence-corrected chi connectivity index (χ3v) is 6.26. The summed E-state index contributed by atoms with van der Waals surface area (Å²) in [6.45, 7) is 4.19. The second-order valence-corrected chi connectivity index (χ2v) is 9.23. The van der Waals surface area contributed by atoms with Crippen molar-refractivity contribution in [1.82, 2.24) is 0 Å². The summed E-state index contributed by atoms with van der Waals surface area (Å²) in [5.41, 5.74) is 3.47. The van der Waals surface area contributed by atoms with Gasteiger partial charge in [-0.3, -0.25) is 9.59 Å². The van der Waals surface area contributed by atoms with Gasteiger partial charge in [0.1, 0.15) is 17.2 Å². The van der Waals surface area contributed by atoms with Gasteiger partial charge in [0, 0.05) is 17.7 Å². The van der Waals surface area contributed by atoms with Crippen LogP contribution in [0.3, 0.4) is 0 Å². The van der Waals surface area contributed by atoms with E-state index in [0.717, 1.165) is 15.6 Å². The topological polar surface area (TPSA) is 85.9 Å². The first-order chi connectivity index (χ1) is 19.0. The lowest BCUT2D eigenvalue weighted by atomic mass is 10.1. The molecule has 0 heterocycles. The summed E-state index contributed by atoms with van der Waals surface area (Å²) >= 11 is 3.54. The summed E-state index contributed by atoms with van der Waals surface area (Å²) in [6.07, 6.45) is 0. The Morgan fingerprint density at radius 2 is 1.26 bits per heavy atom. The van der Waals surface area contributed by atoms with Gasteiger partial charge in [-0.2, -0.15) is 0 Å². The van der Waals surface area contributed by atoms with Crippen LogP contribution in [0.15, 0.2) is 95.5 Å². The maximum Gasteiger partial charge on any atom is 0.262 e. The normalized spacial score (nSPS) is 10.4. The van der Waals surface area contributed by atoms with Crippen LogP contribution in [0.25, 0.3) is 11.1 Å². The van der Waals surface area contributed by atoms with E-state index in [1.807, 2.05) is 68.4 Å². The van der Waals surface area contributed by atoms with E-state index in [1.54, 1.807) is 36.4 Å². The highest BCUT2D eigenvalue weighted by molar-refractivity contribution is 9.10. The van der Waals surface area contributed by atoms with Crippen LogP contribution >= 0.6 is 15.9 Å². The van der Waals surface area contributed by atoms with Crippen molar-refractivity contribution >= 4 is 39.1 Å². The molecular weight excluding hydrogens is 560 g/mol. The third kappa shape index (κ3) is 7.39. The minimum Gasteiger partial charge on any atom is -0.492 e. The number of amides is 2. The van der Waals surface area contributed by atoms with Crippen LogP contribution in [0.4, 0.5) is 11.4 Å². The minimum absolute atomic E-state index is 0.217. The molecule has 0 aliphatic heterocycles. The molecule has 39 heavy (non-hydrogen) atoms. The molecular formula is C31H29BrN2O5. The number of carbonyl (C=O) groups is 2. The maximum atomic E-state index is 12.8. The van der Waals surface area contributed by atoms with Crippen molar-refractivity contribution < 1.29 is 23.8 Å². The smallest absolute Gasteiger partial charge is 0.262 e. The van der Waals surface area contributed by atoms with Gasteiger partial charge in [-0.15, -0.1) is 0 Å². The van der Waals surface area contributed by atoms with Crippen molar-refractivity contribution in [3.05, 3.63) is 101 Å². The van der Waals surface area contributed by atoms with Crippen LogP contribution in [0.5, 0.6) is 17.2 Å². The molecule has 0 aromatic heterocycles. The number of rotatable bonds is 11. The van der Waals surface area contributed by atoms with Crippen molar-refractivity contribution in [2.24, 2.45) is 0 Å². The fourth-order valence-electron chi connectivity index (χ4n) is 3.85. The van der Waals surface area contributed by atoms with E-state index in [4.69, 9.17) is 14.2 Å². The van der Waals surface area contributed by atoms with Gasteiger partial charge in [0.25, 0.3) is 11.8 Å². The molecule has 0 atom stereocenters. The fourth-order valence-corrected chi connectivity index (χ4v) is 4.34. The van der Waals surface area contributed by atoms with Gasteiger partial charge < -0.3 is 24.8 Å². The van der Waals surface area contributed by atoms with E-state index in [2.05, 4.69) is 26.6 Å². The molecule has 0 saturated carbocycles. The highest BCUT2D eigenvalue weighted by atomic mass is 79.9. The number of carbonyl (C=O) groups excluding carboxylic acids is 2. The quantitative estimate of drug-likeness (QED) is 0.194. The summed E-state index contributed by atoms with van der Waals surface area (Å²) in [5, 5.41) is 5.71. The van der Waals surface area contributed by atoms with Crippen LogP contribution in [0.1, 0.15) is 24.2 Å². The molecule has 0 aliphatic rings. The van der Waals surface area contributed by atoms with Crippen molar-refractivity contribution in [3.8, 4) is 28.4 Å². The maximum absolute atomic E-state index is 12.8. The number of hydrogen-bond acceptors (Lipinski definition) is 5. The number of ether oxygens (including phenoxy) is 3. The van der Waals surface area contributed by atoms with Gasteiger partial charge in [0.15, 0.2) is 6.61 Å². The molecule has 0 bridgehead atoms. The molecule has 200 valence electrons. The van der Waals surface area contributed by atoms with Gasteiger partial charge in [-0.25, -0.2) is 0 Å². The first-order valence-corrected chi connectivity index (χ1v) is 13.4. The van der Waals surface area contributed by atoms with E-state index in [-0.39, 0.29) is 18.4 Å².